The second kappa shape index (κ2) is 3.10. The summed E-state index contributed by atoms with van der Waals surface area (Å²) in [5.74, 6) is 3.37. The van der Waals surface area contributed by atoms with Crippen LogP contribution in [0.25, 0.3) is 0 Å². The van der Waals surface area contributed by atoms with Gasteiger partial charge >= 0.3 is 0 Å². The monoisotopic (exact) mass is 200 g/mol. The third kappa shape index (κ3) is 1.20. The molecule has 0 heterocycles. The molecule has 0 saturated heterocycles. The van der Waals surface area contributed by atoms with Crippen molar-refractivity contribution in [1.29, 1.82) is 0 Å². The molecule has 0 nitrogen and oxygen atoms in total. The van der Waals surface area contributed by atoms with E-state index >= 15 is 0 Å². The molecule has 0 radical (unpaired) electrons. The van der Waals surface area contributed by atoms with Crippen molar-refractivity contribution in [2.75, 3.05) is 0 Å². The van der Waals surface area contributed by atoms with Crippen molar-refractivity contribution >= 4 is 0 Å². The lowest BCUT2D eigenvalue weighted by atomic mass is 9.71. The van der Waals surface area contributed by atoms with Crippen LogP contribution in [0, 0.1) is 29.1 Å². The first kappa shape index (κ1) is 9.45. The van der Waals surface area contributed by atoms with Crippen LogP contribution in [0.3, 0.4) is 0 Å². The first-order valence-electron chi connectivity index (χ1n) is 6.21. The fourth-order valence-electron chi connectivity index (χ4n) is 4.14. The van der Waals surface area contributed by atoms with Crippen molar-refractivity contribution in [3.63, 3.8) is 0 Å². The maximum absolute atomic E-state index is 2.47. The molecular formula is C15H20. The second-order valence-electron chi connectivity index (χ2n) is 5.91. The maximum Gasteiger partial charge on any atom is -0.0110 e. The molecule has 0 spiro atoms. The Kier molecular flexibility index (Phi) is 1.95. The molecule has 3 rings (SSSR count). The summed E-state index contributed by atoms with van der Waals surface area (Å²) in [6.07, 6.45) is 16.8. The van der Waals surface area contributed by atoms with Gasteiger partial charge in [-0.2, -0.15) is 0 Å². The fraction of sp³-hybridized carbons (Fsp3) is 0.600. The van der Waals surface area contributed by atoms with Crippen LogP contribution in [0.1, 0.15) is 26.7 Å². The molecule has 80 valence electrons. The van der Waals surface area contributed by atoms with E-state index in [-0.39, 0.29) is 0 Å². The standard InChI is InChI=1S/C15H20/c1-15(2)13-9-5-3-7-11(13)12-8-4-6-10-14(12)15/h3-7,9,11-14H,8,10H2,1-2H3. The van der Waals surface area contributed by atoms with Gasteiger partial charge in [-0.25, -0.2) is 0 Å². The summed E-state index contributed by atoms with van der Waals surface area (Å²) in [4.78, 5) is 0. The van der Waals surface area contributed by atoms with E-state index in [1.165, 1.54) is 12.8 Å². The minimum atomic E-state index is 0.487. The number of hydrogen-bond acceptors (Lipinski definition) is 0. The van der Waals surface area contributed by atoms with E-state index < -0.39 is 0 Å². The summed E-state index contributed by atoms with van der Waals surface area (Å²) in [6, 6.07) is 0. The fourth-order valence-corrected chi connectivity index (χ4v) is 4.14. The van der Waals surface area contributed by atoms with E-state index in [4.69, 9.17) is 0 Å². The van der Waals surface area contributed by atoms with Crippen LogP contribution in [-0.4, -0.2) is 0 Å². The Bertz CT molecular complexity index is 343. The molecule has 0 aliphatic heterocycles. The molecule has 3 aliphatic carbocycles. The normalized spacial score (nSPS) is 45.2. The van der Waals surface area contributed by atoms with Gasteiger partial charge < -0.3 is 0 Å². The molecule has 0 aromatic heterocycles. The zero-order chi connectivity index (χ0) is 10.5. The number of allylic oxidation sites excluding steroid dienone is 6. The van der Waals surface area contributed by atoms with Crippen molar-refractivity contribution in [3.05, 3.63) is 36.5 Å². The molecule has 0 aromatic carbocycles. The van der Waals surface area contributed by atoms with Crippen LogP contribution >= 0.6 is 0 Å². The lowest BCUT2D eigenvalue weighted by molar-refractivity contribution is 0.187. The van der Waals surface area contributed by atoms with Crippen molar-refractivity contribution in [1.82, 2.24) is 0 Å². The highest BCUT2D eigenvalue weighted by Gasteiger charge is 2.52. The molecular weight excluding hydrogens is 180 g/mol. The zero-order valence-electron chi connectivity index (χ0n) is 9.69. The van der Waals surface area contributed by atoms with Crippen molar-refractivity contribution in [2.24, 2.45) is 29.1 Å². The smallest absolute Gasteiger partial charge is 0.0110 e. The first-order valence-corrected chi connectivity index (χ1v) is 6.21. The van der Waals surface area contributed by atoms with Gasteiger partial charge in [-0.05, 0) is 41.9 Å². The lowest BCUT2D eigenvalue weighted by Crippen LogP contribution is -2.26. The Morgan fingerprint density at radius 2 is 1.73 bits per heavy atom. The topological polar surface area (TPSA) is 0 Å². The average molecular weight is 200 g/mol. The predicted molar refractivity (Wildman–Crippen MR) is 64.4 cm³/mol. The molecule has 1 saturated carbocycles. The Balaban J connectivity index is 2.02. The summed E-state index contributed by atoms with van der Waals surface area (Å²) in [7, 11) is 0. The summed E-state index contributed by atoms with van der Waals surface area (Å²) < 4.78 is 0. The third-order valence-electron chi connectivity index (χ3n) is 4.97. The lowest BCUT2D eigenvalue weighted by Gasteiger charge is -2.34. The number of hydrogen-bond donors (Lipinski definition) is 0. The summed E-state index contributed by atoms with van der Waals surface area (Å²) >= 11 is 0. The molecule has 15 heavy (non-hydrogen) atoms. The minimum absolute atomic E-state index is 0.487. The quantitative estimate of drug-likeness (QED) is 0.519. The molecule has 3 aliphatic rings. The molecule has 0 N–H and O–H groups in total. The number of fused-ring (bicyclic) bond motifs is 3. The van der Waals surface area contributed by atoms with Crippen LogP contribution in [0.2, 0.25) is 0 Å². The largest absolute Gasteiger partial charge is 0.0882 e. The summed E-state index contributed by atoms with van der Waals surface area (Å²) in [5.41, 5.74) is 0.487. The maximum atomic E-state index is 2.47. The van der Waals surface area contributed by atoms with Gasteiger partial charge in [-0.1, -0.05) is 50.3 Å². The van der Waals surface area contributed by atoms with Crippen molar-refractivity contribution < 1.29 is 0 Å². The van der Waals surface area contributed by atoms with Crippen molar-refractivity contribution in [3.8, 4) is 0 Å². The molecule has 0 amide bonds. The van der Waals surface area contributed by atoms with Gasteiger partial charge in [-0.3, -0.25) is 0 Å². The molecule has 4 unspecified atom stereocenters. The highest BCUT2D eigenvalue weighted by molar-refractivity contribution is 5.24. The predicted octanol–water partition coefficient (Wildman–Crippen LogP) is 3.97. The Labute approximate surface area is 92.8 Å². The van der Waals surface area contributed by atoms with E-state index in [1.807, 2.05) is 0 Å². The van der Waals surface area contributed by atoms with E-state index in [9.17, 15) is 0 Å². The van der Waals surface area contributed by atoms with Gasteiger partial charge in [0.15, 0.2) is 0 Å². The minimum Gasteiger partial charge on any atom is -0.0882 e. The van der Waals surface area contributed by atoms with Crippen LogP contribution in [-0.2, 0) is 0 Å². The molecule has 4 atom stereocenters. The third-order valence-corrected chi connectivity index (χ3v) is 4.97. The number of rotatable bonds is 0. The van der Waals surface area contributed by atoms with E-state index in [0.717, 1.165) is 23.7 Å². The highest BCUT2D eigenvalue weighted by atomic mass is 14.6. The Morgan fingerprint density at radius 3 is 2.60 bits per heavy atom. The van der Waals surface area contributed by atoms with Crippen LogP contribution in [0.4, 0.5) is 0 Å². The van der Waals surface area contributed by atoms with Gasteiger partial charge in [0.05, 0.1) is 0 Å². The van der Waals surface area contributed by atoms with Gasteiger partial charge in [0.25, 0.3) is 0 Å². The van der Waals surface area contributed by atoms with Crippen molar-refractivity contribution in [2.45, 2.75) is 26.7 Å². The summed E-state index contributed by atoms with van der Waals surface area (Å²) in [6.45, 7) is 4.94. The van der Waals surface area contributed by atoms with Gasteiger partial charge in [-0.15, -0.1) is 0 Å². The molecule has 0 heteroatoms. The molecule has 1 fully saturated rings. The van der Waals surface area contributed by atoms with Gasteiger partial charge in [0, 0.05) is 0 Å². The first-order chi connectivity index (χ1) is 7.21. The molecule has 0 bridgehead atoms. The van der Waals surface area contributed by atoms with Gasteiger partial charge in [0.1, 0.15) is 0 Å². The highest BCUT2D eigenvalue weighted by Crippen LogP contribution is 2.59. The van der Waals surface area contributed by atoms with E-state index in [1.54, 1.807) is 0 Å². The average Bonchev–Trinajstić information content (AvgIpc) is 2.51. The Morgan fingerprint density at radius 1 is 1.00 bits per heavy atom. The van der Waals surface area contributed by atoms with Crippen LogP contribution in [0.5, 0.6) is 0 Å². The van der Waals surface area contributed by atoms with Gasteiger partial charge in [0.2, 0.25) is 0 Å². The van der Waals surface area contributed by atoms with E-state index in [0.29, 0.717) is 5.41 Å². The van der Waals surface area contributed by atoms with E-state index in [2.05, 4.69) is 50.3 Å². The van der Waals surface area contributed by atoms with Crippen LogP contribution in [0.15, 0.2) is 36.5 Å². The molecule has 0 aromatic rings. The Hall–Kier alpha value is -0.780. The van der Waals surface area contributed by atoms with Crippen LogP contribution < -0.4 is 0 Å². The second-order valence-corrected chi connectivity index (χ2v) is 5.91. The SMILES string of the molecule is CC1(C)C2C=CC=CC2C2CC=CCC21. The zero-order valence-corrected chi connectivity index (χ0v) is 9.69. The summed E-state index contributed by atoms with van der Waals surface area (Å²) in [5, 5.41) is 0.